The van der Waals surface area contributed by atoms with Crippen LogP contribution >= 0.6 is 12.2 Å². The zero-order valence-corrected chi connectivity index (χ0v) is 14.2. The highest BCUT2D eigenvalue weighted by atomic mass is 32.1. The highest BCUT2D eigenvalue weighted by molar-refractivity contribution is 7.80. The highest BCUT2D eigenvalue weighted by Crippen LogP contribution is 2.12. The van der Waals surface area contributed by atoms with E-state index in [1.165, 1.54) is 11.1 Å². The van der Waals surface area contributed by atoms with Crippen molar-refractivity contribution in [2.75, 3.05) is 31.5 Å². The van der Waals surface area contributed by atoms with Crippen molar-refractivity contribution in [2.24, 2.45) is 0 Å². The predicted octanol–water partition coefficient (Wildman–Crippen LogP) is 2.90. The molecule has 0 atom stereocenters. The van der Waals surface area contributed by atoms with E-state index in [0.29, 0.717) is 0 Å². The highest BCUT2D eigenvalue weighted by Gasteiger charge is 2.19. The molecule has 0 amide bonds. The second-order valence-electron chi connectivity index (χ2n) is 5.92. The van der Waals surface area contributed by atoms with Gasteiger partial charge in [0.05, 0.1) is 0 Å². The average molecular weight is 326 g/mol. The Kier molecular flexibility index (Phi) is 5.20. The van der Waals surface area contributed by atoms with Crippen LogP contribution in [0.5, 0.6) is 0 Å². The van der Waals surface area contributed by atoms with Gasteiger partial charge < -0.3 is 10.2 Å². The van der Waals surface area contributed by atoms with Crippen LogP contribution in [0, 0.1) is 6.92 Å². The van der Waals surface area contributed by atoms with Gasteiger partial charge >= 0.3 is 0 Å². The summed E-state index contributed by atoms with van der Waals surface area (Å²) in [6, 6.07) is 12.4. The van der Waals surface area contributed by atoms with E-state index in [4.69, 9.17) is 12.2 Å². The number of thiocarbonyl (C=S) groups is 1. The number of piperazine rings is 1. The number of hydrogen-bond donors (Lipinski definition) is 1. The molecule has 2 aromatic rings. The Morgan fingerprint density at radius 1 is 1.13 bits per heavy atom. The molecule has 0 unspecified atom stereocenters. The van der Waals surface area contributed by atoms with Crippen molar-refractivity contribution in [2.45, 2.75) is 13.5 Å². The van der Waals surface area contributed by atoms with E-state index in [2.05, 4.69) is 57.4 Å². The fourth-order valence-corrected chi connectivity index (χ4v) is 3.00. The first-order valence-corrected chi connectivity index (χ1v) is 8.35. The van der Waals surface area contributed by atoms with Gasteiger partial charge in [0, 0.05) is 50.8 Å². The lowest BCUT2D eigenvalue weighted by atomic mass is 10.2. The molecule has 0 spiro atoms. The maximum Gasteiger partial charge on any atom is 0.173 e. The molecule has 0 aliphatic carbocycles. The first kappa shape index (κ1) is 15.9. The minimum absolute atomic E-state index is 0.815. The fourth-order valence-electron chi connectivity index (χ4n) is 2.70. The van der Waals surface area contributed by atoms with Gasteiger partial charge in [-0.15, -0.1) is 0 Å². The third kappa shape index (κ3) is 4.50. The van der Waals surface area contributed by atoms with Gasteiger partial charge in [0.15, 0.2) is 5.11 Å². The Morgan fingerprint density at radius 3 is 2.52 bits per heavy atom. The maximum atomic E-state index is 5.54. The lowest BCUT2D eigenvalue weighted by Gasteiger charge is -2.36. The van der Waals surface area contributed by atoms with E-state index in [9.17, 15) is 0 Å². The molecule has 5 heteroatoms. The maximum absolute atomic E-state index is 5.54. The van der Waals surface area contributed by atoms with E-state index in [1.807, 2.05) is 18.5 Å². The van der Waals surface area contributed by atoms with Crippen molar-refractivity contribution in [3.8, 4) is 0 Å². The summed E-state index contributed by atoms with van der Waals surface area (Å²) in [5.41, 5.74) is 3.57. The summed E-state index contributed by atoms with van der Waals surface area (Å²) in [5.74, 6) is 0. The summed E-state index contributed by atoms with van der Waals surface area (Å²) in [7, 11) is 0. The largest absolute Gasteiger partial charge is 0.346 e. The quantitative estimate of drug-likeness (QED) is 0.877. The van der Waals surface area contributed by atoms with Gasteiger partial charge in [-0.2, -0.15) is 0 Å². The molecular weight excluding hydrogens is 304 g/mol. The van der Waals surface area contributed by atoms with Gasteiger partial charge in [0.2, 0.25) is 0 Å². The summed E-state index contributed by atoms with van der Waals surface area (Å²) >= 11 is 5.54. The predicted molar refractivity (Wildman–Crippen MR) is 98.5 cm³/mol. The number of pyridine rings is 1. The molecule has 1 aromatic heterocycles. The molecule has 3 rings (SSSR count). The second kappa shape index (κ2) is 7.53. The molecule has 1 saturated heterocycles. The molecule has 1 aromatic carbocycles. The molecule has 4 nitrogen and oxygen atoms in total. The normalized spacial score (nSPS) is 15.4. The topological polar surface area (TPSA) is 31.4 Å². The third-order valence-corrected chi connectivity index (χ3v) is 4.45. The van der Waals surface area contributed by atoms with Crippen molar-refractivity contribution in [1.82, 2.24) is 14.8 Å². The first-order valence-electron chi connectivity index (χ1n) is 7.94. The summed E-state index contributed by atoms with van der Waals surface area (Å²) in [5, 5.41) is 4.15. The minimum atomic E-state index is 0.815. The van der Waals surface area contributed by atoms with Gasteiger partial charge in [-0.25, -0.2) is 0 Å². The standard InChI is InChI=1S/C18H22N4S/c1-15-4-6-17(7-5-15)20-18(23)22-11-9-21(10-12-22)14-16-3-2-8-19-13-16/h2-8,13H,9-12,14H2,1H3,(H,20,23). The molecule has 23 heavy (non-hydrogen) atoms. The van der Waals surface area contributed by atoms with Gasteiger partial charge in [0.1, 0.15) is 0 Å². The molecule has 1 aliphatic heterocycles. The zero-order chi connectivity index (χ0) is 16.1. The second-order valence-corrected chi connectivity index (χ2v) is 6.31. The molecule has 0 bridgehead atoms. The lowest BCUT2D eigenvalue weighted by Crippen LogP contribution is -2.49. The smallest absolute Gasteiger partial charge is 0.173 e. The molecule has 120 valence electrons. The number of aryl methyl sites for hydroxylation is 1. The Balaban J connectivity index is 1.48. The number of nitrogens with zero attached hydrogens (tertiary/aromatic N) is 3. The van der Waals surface area contributed by atoms with Crippen LogP contribution in [-0.2, 0) is 6.54 Å². The number of hydrogen-bond acceptors (Lipinski definition) is 3. The van der Waals surface area contributed by atoms with Gasteiger partial charge in [-0.1, -0.05) is 23.8 Å². The molecule has 0 saturated carbocycles. The number of rotatable bonds is 3. The third-order valence-electron chi connectivity index (χ3n) is 4.09. The summed E-state index contributed by atoms with van der Waals surface area (Å²) in [4.78, 5) is 8.87. The van der Waals surface area contributed by atoms with E-state index < -0.39 is 0 Å². The van der Waals surface area contributed by atoms with Gasteiger partial charge in [-0.3, -0.25) is 9.88 Å². The van der Waals surface area contributed by atoms with Crippen LogP contribution in [0.3, 0.4) is 0 Å². The van der Waals surface area contributed by atoms with E-state index in [-0.39, 0.29) is 0 Å². The summed E-state index contributed by atoms with van der Waals surface area (Å²) in [6.45, 7) is 6.99. The SMILES string of the molecule is Cc1ccc(NC(=S)N2CCN(Cc3cccnc3)CC2)cc1. The first-order chi connectivity index (χ1) is 11.2. The van der Waals surface area contributed by atoms with E-state index in [0.717, 1.165) is 43.5 Å². The molecule has 1 fully saturated rings. The Bertz CT molecular complexity index is 634. The molecule has 1 N–H and O–H groups in total. The lowest BCUT2D eigenvalue weighted by molar-refractivity contribution is 0.177. The van der Waals surface area contributed by atoms with Crippen molar-refractivity contribution in [3.05, 3.63) is 59.9 Å². The summed E-state index contributed by atoms with van der Waals surface area (Å²) in [6.07, 6.45) is 3.76. The van der Waals surface area contributed by atoms with Crippen LogP contribution in [0.1, 0.15) is 11.1 Å². The van der Waals surface area contributed by atoms with Gasteiger partial charge in [-0.05, 0) is 42.9 Å². The Hall–Kier alpha value is -1.98. The Morgan fingerprint density at radius 2 is 1.87 bits per heavy atom. The number of aromatic nitrogens is 1. The van der Waals surface area contributed by atoms with Crippen molar-refractivity contribution >= 4 is 23.0 Å². The number of anilines is 1. The average Bonchev–Trinajstić information content (AvgIpc) is 2.58. The zero-order valence-electron chi connectivity index (χ0n) is 13.4. The monoisotopic (exact) mass is 326 g/mol. The molecule has 0 radical (unpaired) electrons. The van der Waals surface area contributed by atoms with Crippen molar-refractivity contribution in [3.63, 3.8) is 0 Å². The molecule has 2 heterocycles. The van der Waals surface area contributed by atoms with Crippen LogP contribution in [0.2, 0.25) is 0 Å². The van der Waals surface area contributed by atoms with Crippen LogP contribution in [0.15, 0.2) is 48.8 Å². The van der Waals surface area contributed by atoms with Crippen molar-refractivity contribution in [1.29, 1.82) is 0 Å². The number of nitrogens with one attached hydrogen (secondary N) is 1. The van der Waals surface area contributed by atoms with Crippen LogP contribution < -0.4 is 5.32 Å². The van der Waals surface area contributed by atoms with E-state index >= 15 is 0 Å². The molecule has 1 aliphatic rings. The van der Waals surface area contributed by atoms with Crippen LogP contribution in [0.4, 0.5) is 5.69 Å². The van der Waals surface area contributed by atoms with Crippen LogP contribution in [-0.4, -0.2) is 46.1 Å². The van der Waals surface area contributed by atoms with Crippen LogP contribution in [0.25, 0.3) is 0 Å². The summed E-state index contributed by atoms with van der Waals surface area (Å²) < 4.78 is 0. The number of benzene rings is 1. The van der Waals surface area contributed by atoms with Crippen molar-refractivity contribution < 1.29 is 0 Å². The molecular formula is C18H22N4S. The van der Waals surface area contributed by atoms with E-state index in [1.54, 1.807) is 0 Å². The Labute approximate surface area is 143 Å². The minimum Gasteiger partial charge on any atom is -0.346 e. The van der Waals surface area contributed by atoms with Gasteiger partial charge in [0.25, 0.3) is 0 Å². The fraction of sp³-hybridized carbons (Fsp3) is 0.333.